The summed E-state index contributed by atoms with van der Waals surface area (Å²) in [5.41, 5.74) is 0.991. The number of hydrogen-bond acceptors (Lipinski definition) is 5. The molecular formula is C34H49N3O4S. The Labute approximate surface area is 256 Å². The van der Waals surface area contributed by atoms with Crippen LogP contribution in [0, 0.1) is 17.8 Å². The van der Waals surface area contributed by atoms with Gasteiger partial charge in [0.05, 0.1) is 29.2 Å². The normalized spacial score (nSPS) is 29.2. The van der Waals surface area contributed by atoms with E-state index in [2.05, 4.69) is 33.9 Å². The Morgan fingerprint density at radius 2 is 1.83 bits per heavy atom. The molecule has 0 aromatic heterocycles. The highest BCUT2D eigenvalue weighted by atomic mass is 32.2. The maximum atomic E-state index is 14.8. The Morgan fingerprint density at radius 1 is 1.14 bits per heavy atom. The topological polar surface area (TPSA) is 81.2 Å². The quantitative estimate of drug-likeness (QED) is 0.301. The summed E-state index contributed by atoms with van der Waals surface area (Å²) >= 11 is 1.70. The molecule has 1 aromatic carbocycles. The summed E-state index contributed by atoms with van der Waals surface area (Å²) in [6.07, 6.45) is 7.28. The summed E-state index contributed by atoms with van der Waals surface area (Å²) in [7, 11) is 0. The number of thioether (sulfide) groups is 1. The lowest BCUT2D eigenvalue weighted by Crippen LogP contribution is -2.60. The fraction of sp³-hybridized carbons (Fsp3) is 0.618. The van der Waals surface area contributed by atoms with E-state index in [0.29, 0.717) is 26.1 Å². The smallest absolute Gasteiger partial charge is 0.247 e. The van der Waals surface area contributed by atoms with Gasteiger partial charge in [0.2, 0.25) is 17.7 Å². The van der Waals surface area contributed by atoms with Gasteiger partial charge in [-0.25, -0.2) is 0 Å². The number of nitrogens with zero attached hydrogens (tertiary/aromatic N) is 3. The van der Waals surface area contributed by atoms with E-state index in [4.69, 9.17) is 0 Å². The molecule has 0 aliphatic carbocycles. The second kappa shape index (κ2) is 13.8. The van der Waals surface area contributed by atoms with Crippen molar-refractivity contribution in [2.24, 2.45) is 17.8 Å². The molecule has 230 valence electrons. The minimum atomic E-state index is -0.767. The highest BCUT2D eigenvalue weighted by Crippen LogP contribution is 2.69. The SMILES string of the molecule is C=CCN(CCC)C(=O)[C@@H]1[C@H]2C(=O)N([C@@H](CO)Cc3ccccc3)C(C(=O)N(CC=C)C(C)CCC)C23S[C@@H]1CC3C. The van der Waals surface area contributed by atoms with Gasteiger partial charge in [-0.3, -0.25) is 14.4 Å². The molecule has 8 atom stereocenters. The van der Waals surface area contributed by atoms with E-state index in [0.717, 1.165) is 31.2 Å². The monoisotopic (exact) mass is 595 g/mol. The number of carbonyl (C=O) groups excluding carboxylic acids is 3. The van der Waals surface area contributed by atoms with E-state index in [1.165, 1.54) is 0 Å². The predicted octanol–water partition coefficient (Wildman–Crippen LogP) is 4.56. The first-order valence-electron chi connectivity index (χ1n) is 15.7. The lowest BCUT2D eigenvalue weighted by Gasteiger charge is -2.43. The number of aliphatic hydroxyl groups excluding tert-OH is 1. The van der Waals surface area contributed by atoms with Crippen LogP contribution in [0.2, 0.25) is 0 Å². The highest BCUT2D eigenvalue weighted by molar-refractivity contribution is 8.02. The number of fused-ring (bicyclic) bond motifs is 1. The molecule has 3 fully saturated rings. The number of amides is 3. The number of carbonyl (C=O) groups is 3. The van der Waals surface area contributed by atoms with Crippen molar-refractivity contribution in [2.75, 3.05) is 26.2 Å². The zero-order valence-corrected chi connectivity index (χ0v) is 26.6. The fourth-order valence-corrected chi connectivity index (χ4v) is 10.2. The highest BCUT2D eigenvalue weighted by Gasteiger charge is 2.77. The van der Waals surface area contributed by atoms with Gasteiger partial charge in [0.15, 0.2) is 0 Å². The molecule has 1 N–H and O–H groups in total. The van der Waals surface area contributed by atoms with E-state index in [-0.39, 0.29) is 41.5 Å². The van der Waals surface area contributed by atoms with Gasteiger partial charge in [-0.2, -0.15) is 0 Å². The van der Waals surface area contributed by atoms with Gasteiger partial charge in [0.25, 0.3) is 0 Å². The van der Waals surface area contributed by atoms with Crippen molar-refractivity contribution in [1.82, 2.24) is 14.7 Å². The molecule has 42 heavy (non-hydrogen) atoms. The van der Waals surface area contributed by atoms with Crippen LogP contribution in [0.5, 0.6) is 0 Å². The fourth-order valence-electron chi connectivity index (χ4n) is 7.84. The van der Waals surface area contributed by atoms with E-state index in [1.54, 1.807) is 28.8 Å². The first kappa shape index (κ1) is 32.3. The van der Waals surface area contributed by atoms with Gasteiger partial charge in [-0.1, -0.05) is 69.7 Å². The Hall–Kier alpha value is -2.58. The van der Waals surface area contributed by atoms with E-state index in [1.807, 2.05) is 47.1 Å². The van der Waals surface area contributed by atoms with Crippen molar-refractivity contribution in [3.63, 3.8) is 0 Å². The molecule has 3 saturated heterocycles. The lowest BCUT2D eigenvalue weighted by atomic mass is 9.65. The summed E-state index contributed by atoms with van der Waals surface area (Å²) in [6, 6.07) is 8.42. The second-order valence-electron chi connectivity index (χ2n) is 12.3. The third kappa shape index (κ3) is 5.57. The van der Waals surface area contributed by atoms with Gasteiger partial charge >= 0.3 is 0 Å². The van der Waals surface area contributed by atoms with E-state index >= 15 is 0 Å². The van der Waals surface area contributed by atoms with Gasteiger partial charge in [0.1, 0.15) is 6.04 Å². The molecule has 0 radical (unpaired) electrons. The third-order valence-corrected chi connectivity index (χ3v) is 11.7. The first-order valence-corrected chi connectivity index (χ1v) is 16.5. The summed E-state index contributed by atoms with van der Waals surface area (Å²) in [4.78, 5) is 49.2. The maximum Gasteiger partial charge on any atom is 0.247 e. The predicted molar refractivity (Wildman–Crippen MR) is 170 cm³/mol. The van der Waals surface area contributed by atoms with E-state index in [9.17, 15) is 19.5 Å². The molecule has 3 aliphatic heterocycles. The Balaban J connectivity index is 1.84. The van der Waals surface area contributed by atoms with Crippen LogP contribution in [-0.4, -0.2) is 91.9 Å². The zero-order valence-electron chi connectivity index (χ0n) is 25.8. The Kier molecular flexibility index (Phi) is 10.6. The Bertz CT molecular complexity index is 1140. The van der Waals surface area contributed by atoms with Crippen molar-refractivity contribution in [3.8, 4) is 0 Å². The van der Waals surface area contributed by atoms with Crippen molar-refractivity contribution < 1.29 is 19.5 Å². The molecule has 4 unspecified atom stereocenters. The molecule has 3 amide bonds. The van der Waals surface area contributed by atoms with Crippen LogP contribution >= 0.6 is 11.8 Å². The standard InChI is InChI=1S/C34H49N3O4S/c1-7-14-24(6)36(19-10-4)33(41)30-34-23(5)20-27(42-34)28(31(39)35(17-8-2)18-9-3)29(34)32(40)37(30)26(22-38)21-25-15-12-11-13-16-25/h8,10-13,15-16,23-24,26-30,38H,2,4,7,9,14,17-22H2,1,3,5-6H3/t23?,24?,26-,27-,28+,29+,30?,34?/m1/s1. The van der Waals surface area contributed by atoms with Crippen LogP contribution in [0.4, 0.5) is 0 Å². The van der Waals surface area contributed by atoms with Crippen molar-refractivity contribution >= 4 is 29.5 Å². The number of rotatable bonds is 15. The van der Waals surface area contributed by atoms with Gasteiger partial charge in [-0.15, -0.1) is 24.9 Å². The minimum Gasteiger partial charge on any atom is -0.394 e. The minimum absolute atomic E-state index is 0.0136. The third-order valence-electron chi connectivity index (χ3n) is 9.62. The first-order chi connectivity index (χ1) is 20.2. The number of likely N-dealkylation sites (tertiary alicyclic amines) is 1. The van der Waals surface area contributed by atoms with Crippen LogP contribution in [0.15, 0.2) is 55.6 Å². The van der Waals surface area contributed by atoms with Crippen LogP contribution in [-0.2, 0) is 20.8 Å². The number of benzene rings is 1. The van der Waals surface area contributed by atoms with Crippen LogP contribution in [0.25, 0.3) is 0 Å². The average Bonchev–Trinajstić information content (AvgIpc) is 3.58. The molecule has 2 bridgehead atoms. The lowest BCUT2D eigenvalue weighted by molar-refractivity contribution is -0.147. The van der Waals surface area contributed by atoms with Crippen LogP contribution in [0.1, 0.15) is 58.9 Å². The molecule has 0 saturated carbocycles. The van der Waals surface area contributed by atoms with Gasteiger partial charge in [-0.05, 0) is 44.1 Å². The molecular weight excluding hydrogens is 546 g/mol. The molecule has 4 rings (SSSR count). The molecule has 8 heteroatoms. The summed E-state index contributed by atoms with van der Waals surface area (Å²) < 4.78 is -0.735. The largest absolute Gasteiger partial charge is 0.394 e. The molecule has 1 aromatic rings. The number of hydrogen-bond donors (Lipinski definition) is 1. The van der Waals surface area contributed by atoms with Crippen LogP contribution < -0.4 is 0 Å². The van der Waals surface area contributed by atoms with Crippen LogP contribution in [0.3, 0.4) is 0 Å². The number of aliphatic hydroxyl groups is 1. The van der Waals surface area contributed by atoms with Gasteiger partial charge < -0.3 is 19.8 Å². The van der Waals surface area contributed by atoms with Gasteiger partial charge in [0, 0.05) is 30.9 Å². The molecule has 3 aliphatic rings. The Morgan fingerprint density at radius 3 is 2.43 bits per heavy atom. The average molecular weight is 596 g/mol. The maximum absolute atomic E-state index is 14.8. The molecule has 7 nitrogen and oxygen atoms in total. The van der Waals surface area contributed by atoms with Crippen molar-refractivity contribution in [2.45, 2.75) is 87.9 Å². The summed E-state index contributed by atoms with van der Waals surface area (Å²) in [5.74, 6) is -1.32. The summed E-state index contributed by atoms with van der Waals surface area (Å²) in [6.45, 7) is 17.3. The zero-order chi connectivity index (χ0) is 30.6. The molecule has 3 heterocycles. The van der Waals surface area contributed by atoms with Crippen molar-refractivity contribution in [3.05, 3.63) is 61.2 Å². The van der Waals surface area contributed by atoms with Crippen molar-refractivity contribution in [1.29, 1.82) is 0 Å². The van der Waals surface area contributed by atoms with E-state index < -0.39 is 28.7 Å². The molecule has 1 spiro atoms. The second-order valence-corrected chi connectivity index (χ2v) is 13.9. The summed E-state index contributed by atoms with van der Waals surface area (Å²) in [5, 5.41) is 10.7.